The summed E-state index contributed by atoms with van der Waals surface area (Å²) in [6.07, 6.45) is -4.85. The average Bonchev–Trinajstić information content (AvgIpc) is 2.27. The fourth-order valence-electron chi connectivity index (χ4n) is 1.37. The van der Waals surface area contributed by atoms with Crippen LogP contribution in [0, 0.1) is 5.92 Å². The number of amides is 1. The molecule has 0 aliphatic rings. The summed E-state index contributed by atoms with van der Waals surface area (Å²) in [7, 11) is 0. The highest BCUT2D eigenvalue weighted by Gasteiger charge is 2.36. The number of rotatable bonds is 3. The molecular weight excluding hydrogens is 263 g/mol. The molecule has 0 aliphatic carbocycles. The molecule has 0 atom stereocenters. The smallest absolute Gasteiger partial charge is 0.420 e. The number of hydrogen-bond donors (Lipinski definition) is 3. The van der Waals surface area contributed by atoms with E-state index in [1.54, 1.807) is 0 Å². The lowest BCUT2D eigenvalue weighted by atomic mass is 10.1. The zero-order valence-corrected chi connectivity index (χ0v) is 10.4. The van der Waals surface area contributed by atoms with Gasteiger partial charge in [0, 0.05) is 12.1 Å². The Hall–Kier alpha value is -1.92. The van der Waals surface area contributed by atoms with Gasteiger partial charge in [-0.1, -0.05) is 13.8 Å². The van der Waals surface area contributed by atoms with E-state index in [0.29, 0.717) is 12.6 Å². The van der Waals surface area contributed by atoms with Crippen molar-refractivity contribution in [2.45, 2.75) is 20.0 Å². The first-order chi connectivity index (χ1) is 8.62. The van der Waals surface area contributed by atoms with Crippen LogP contribution in [0.5, 0.6) is 11.5 Å². The Labute approximate surface area is 107 Å². The summed E-state index contributed by atoms with van der Waals surface area (Å²) >= 11 is 0. The summed E-state index contributed by atoms with van der Waals surface area (Å²) < 4.78 is 37.8. The second-order valence-electron chi connectivity index (χ2n) is 4.49. The number of carbonyl (C=O) groups excluding carboxylic acids is 1. The van der Waals surface area contributed by atoms with Crippen molar-refractivity contribution in [2.24, 2.45) is 5.92 Å². The molecule has 0 unspecified atom stereocenters. The number of alkyl halides is 3. The van der Waals surface area contributed by atoms with Crippen molar-refractivity contribution in [1.82, 2.24) is 5.32 Å². The Morgan fingerprint density at radius 3 is 2.37 bits per heavy atom. The summed E-state index contributed by atoms with van der Waals surface area (Å²) in [5, 5.41) is 20.8. The number of hydrogen-bond acceptors (Lipinski definition) is 3. The Kier molecular flexibility index (Phi) is 4.28. The minimum absolute atomic E-state index is 0.136. The fraction of sp³-hybridized carbons (Fsp3) is 0.417. The van der Waals surface area contributed by atoms with E-state index < -0.39 is 29.1 Å². The minimum Gasteiger partial charge on any atom is -0.504 e. The molecule has 0 heterocycles. The van der Waals surface area contributed by atoms with Crippen LogP contribution in [0.3, 0.4) is 0 Å². The summed E-state index contributed by atoms with van der Waals surface area (Å²) in [4.78, 5) is 11.6. The van der Waals surface area contributed by atoms with Gasteiger partial charge in [-0.25, -0.2) is 0 Å². The zero-order chi connectivity index (χ0) is 14.8. The summed E-state index contributed by atoms with van der Waals surface area (Å²) in [6, 6.07) is 1.30. The van der Waals surface area contributed by atoms with Gasteiger partial charge in [0.2, 0.25) is 0 Å². The van der Waals surface area contributed by atoms with Crippen LogP contribution in [0.2, 0.25) is 0 Å². The predicted octanol–water partition coefficient (Wildman–Crippen LogP) is 2.50. The van der Waals surface area contributed by atoms with Crippen LogP contribution in [-0.2, 0) is 6.18 Å². The van der Waals surface area contributed by atoms with Gasteiger partial charge in [0.25, 0.3) is 5.91 Å². The van der Waals surface area contributed by atoms with Crippen LogP contribution in [0.4, 0.5) is 13.2 Å². The van der Waals surface area contributed by atoms with E-state index in [1.807, 2.05) is 13.8 Å². The van der Waals surface area contributed by atoms with Crippen LogP contribution < -0.4 is 5.32 Å². The van der Waals surface area contributed by atoms with Gasteiger partial charge < -0.3 is 15.5 Å². The molecule has 0 saturated heterocycles. The number of phenolic OH excluding ortho intramolecular Hbond substituents is 2. The van der Waals surface area contributed by atoms with Crippen molar-refractivity contribution in [2.75, 3.05) is 6.54 Å². The molecule has 106 valence electrons. The van der Waals surface area contributed by atoms with Gasteiger partial charge in [-0.3, -0.25) is 4.79 Å². The molecule has 0 spiro atoms. The first-order valence-corrected chi connectivity index (χ1v) is 5.54. The Morgan fingerprint density at radius 1 is 1.32 bits per heavy atom. The van der Waals surface area contributed by atoms with Gasteiger partial charge in [0.15, 0.2) is 11.5 Å². The Bertz CT molecular complexity index is 484. The lowest BCUT2D eigenvalue weighted by Crippen LogP contribution is -2.27. The van der Waals surface area contributed by atoms with Gasteiger partial charge in [-0.05, 0) is 18.1 Å². The van der Waals surface area contributed by atoms with Crippen molar-refractivity contribution >= 4 is 5.91 Å². The van der Waals surface area contributed by atoms with Crippen LogP contribution in [-0.4, -0.2) is 22.7 Å². The van der Waals surface area contributed by atoms with Gasteiger partial charge in [0.1, 0.15) is 5.56 Å². The standard InChI is InChI=1S/C12H14F3NO3/c1-6(2)5-16-11(19)7-3-8(12(13,14)15)10(18)9(17)4-7/h3-4,6,17-18H,5H2,1-2H3,(H,16,19). The number of carbonyl (C=O) groups is 1. The first-order valence-electron chi connectivity index (χ1n) is 5.54. The molecule has 0 aromatic heterocycles. The highest BCUT2D eigenvalue weighted by molar-refractivity contribution is 5.95. The molecule has 1 aromatic rings. The third kappa shape index (κ3) is 3.77. The van der Waals surface area contributed by atoms with E-state index in [1.165, 1.54) is 0 Å². The molecule has 3 N–H and O–H groups in total. The van der Waals surface area contributed by atoms with Crippen molar-refractivity contribution in [1.29, 1.82) is 0 Å². The molecule has 19 heavy (non-hydrogen) atoms. The second-order valence-corrected chi connectivity index (χ2v) is 4.49. The molecular formula is C12H14F3NO3. The highest BCUT2D eigenvalue weighted by Crippen LogP contribution is 2.41. The second kappa shape index (κ2) is 5.38. The van der Waals surface area contributed by atoms with Crippen LogP contribution in [0.1, 0.15) is 29.8 Å². The quantitative estimate of drug-likeness (QED) is 0.743. The van der Waals surface area contributed by atoms with E-state index in [4.69, 9.17) is 5.11 Å². The first kappa shape index (κ1) is 15.1. The molecule has 0 bridgehead atoms. The number of benzene rings is 1. The van der Waals surface area contributed by atoms with Crippen molar-refractivity contribution in [3.05, 3.63) is 23.3 Å². The molecule has 0 radical (unpaired) electrons. The minimum atomic E-state index is -4.85. The third-order valence-corrected chi connectivity index (χ3v) is 2.33. The molecule has 0 fully saturated rings. The number of phenols is 2. The van der Waals surface area contributed by atoms with Gasteiger partial charge >= 0.3 is 6.18 Å². The molecule has 0 aliphatic heterocycles. The number of halogens is 3. The van der Waals surface area contributed by atoms with Crippen molar-refractivity contribution in [3.63, 3.8) is 0 Å². The molecule has 1 aromatic carbocycles. The zero-order valence-electron chi connectivity index (χ0n) is 10.4. The summed E-state index contributed by atoms with van der Waals surface area (Å²) in [5.41, 5.74) is -1.80. The highest BCUT2D eigenvalue weighted by atomic mass is 19.4. The maximum absolute atomic E-state index is 12.6. The monoisotopic (exact) mass is 277 g/mol. The molecule has 7 heteroatoms. The molecule has 1 amide bonds. The van der Waals surface area contributed by atoms with Crippen LogP contribution >= 0.6 is 0 Å². The third-order valence-electron chi connectivity index (χ3n) is 2.33. The largest absolute Gasteiger partial charge is 0.504 e. The van der Waals surface area contributed by atoms with Crippen LogP contribution in [0.15, 0.2) is 12.1 Å². The average molecular weight is 277 g/mol. The number of nitrogens with one attached hydrogen (secondary N) is 1. The van der Waals surface area contributed by atoms with Gasteiger partial charge in [0.05, 0.1) is 0 Å². The van der Waals surface area contributed by atoms with Gasteiger partial charge in [-0.2, -0.15) is 13.2 Å². The van der Waals surface area contributed by atoms with E-state index in [2.05, 4.69) is 5.32 Å². The van der Waals surface area contributed by atoms with E-state index in [9.17, 15) is 23.1 Å². The van der Waals surface area contributed by atoms with E-state index in [-0.39, 0.29) is 11.5 Å². The van der Waals surface area contributed by atoms with Crippen molar-refractivity contribution in [3.8, 4) is 11.5 Å². The molecule has 1 rings (SSSR count). The van der Waals surface area contributed by atoms with E-state index >= 15 is 0 Å². The van der Waals surface area contributed by atoms with Crippen LogP contribution in [0.25, 0.3) is 0 Å². The molecule has 0 saturated carbocycles. The van der Waals surface area contributed by atoms with Gasteiger partial charge in [-0.15, -0.1) is 0 Å². The fourth-order valence-corrected chi connectivity index (χ4v) is 1.37. The summed E-state index contributed by atoms with van der Waals surface area (Å²) in [5.74, 6) is -2.87. The lowest BCUT2D eigenvalue weighted by molar-refractivity contribution is -0.138. The topological polar surface area (TPSA) is 69.6 Å². The lowest BCUT2D eigenvalue weighted by Gasteiger charge is -2.13. The Balaban J connectivity index is 3.10. The SMILES string of the molecule is CC(C)CNC(=O)c1cc(O)c(O)c(C(F)(F)F)c1. The Morgan fingerprint density at radius 2 is 1.89 bits per heavy atom. The maximum Gasteiger partial charge on any atom is 0.420 e. The normalized spacial score (nSPS) is 11.7. The number of aromatic hydroxyl groups is 2. The predicted molar refractivity (Wildman–Crippen MR) is 61.9 cm³/mol. The summed E-state index contributed by atoms with van der Waals surface area (Å²) in [6.45, 7) is 3.95. The maximum atomic E-state index is 12.6. The van der Waals surface area contributed by atoms with Crippen molar-refractivity contribution < 1.29 is 28.2 Å². The van der Waals surface area contributed by atoms with E-state index in [0.717, 1.165) is 6.07 Å². The molecule has 4 nitrogen and oxygen atoms in total.